The zero-order valence-corrected chi connectivity index (χ0v) is 13.6. The van der Waals surface area contributed by atoms with Gasteiger partial charge in [0.2, 0.25) is 5.91 Å². The SMILES string of the molecule is COc1ccc(NC(=O)[C@@H](C)N2CCc3ccccc3C2)cc1. The number of hydrogen-bond donors (Lipinski definition) is 1. The summed E-state index contributed by atoms with van der Waals surface area (Å²) in [5.41, 5.74) is 3.51. The van der Waals surface area contributed by atoms with Gasteiger partial charge in [0.05, 0.1) is 13.2 Å². The molecule has 0 radical (unpaired) electrons. The summed E-state index contributed by atoms with van der Waals surface area (Å²) >= 11 is 0. The summed E-state index contributed by atoms with van der Waals surface area (Å²) in [6.07, 6.45) is 0.996. The first-order valence-electron chi connectivity index (χ1n) is 7.93. The van der Waals surface area contributed by atoms with Gasteiger partial charge in [0.25, 0.3) is 0 Å². The van der Waals surface area contributed by atoms with E-state index in [1.54, 1.807) is 7.11 Å². The zero-order valence-electron chi connectivity index (χ0n) is 13.6. The van der Waals surface area contributed by atoms with E-state index in [0.29, 0.717) is 0 Å². The molecular weight excluding hydrogens is 288 g/mol. The molecule has 0 aromatic heterocycles. The molecule has 1 heterocycles. The van der Waals surface area contributed by atoms with Gasteiger partial charge in [-0.2, -0.15) is 0 Å². The molecule has 23 heavy (non-hydrogen) atoms. The van der Waals surface area contributed by atoms with Gasteiger partial charge in [-0.1, -0.05) is 24.3 Å². The highest BCUT2D eigenvalue weighted by molar-refractivity contribution is 5.94. The molecule has 1 amide bonds. The van der Waals surface area contributed by atoms with Crippen molar-refractivity contribution in [1.82, 2.24) is 4.90 Å². The number of rotatable bonds is 4. The lowest BCUT2D eigenvalue weighted by atomic mass is 9.99. The molecule has 2 aromatic rings. The minimum Gasteiger partial charge on any atom is -0.497 e. The summed E-state index contributed by atoms with van der Waals surface area (Å²) in [4.78, 5) is 14.7. The Morgan fingerprint density at radius 1 is 1.13 bits per heavy atom. The number of ether oxygens (including phenoxy) is 1. The summed E-state index contributed by atoms with van der Waals surface area (Å²) in [7, 11) is 1.63. The summed E-state index contributed by atoms with van der Waals surface area (Å²) in [6.45, 7) is 3.70. The molecule has 0 saturated heterocycles. The Morgan fingerprint density at radius 2 is 1.83 bits per heavy atom. The second-order valence-electron chi connectivity index (χ2n) is 5.88. The lowest BCUT2D eigenvalue weighted by molar-refractivity contribution is -0.121. The standard InChI is InChI=1S/C19H22N2O2/c1-14(19(22)20-17-7-9-18(23-2)10-8-17)21-12-11-15-5-3-4-6-16(15)13-21/h3-10,14H,11-13H2,1-2H3,(H,20,22)/t14-/m1/s1. The van der Waals surface area contributed by atoms with Crippen molar-refractivity contribution in [2.75, 3.05) is 19.0 Å². The van der Waals surface area contributed by atoms with Crippen LogP contribution in [0.4, 0.5) is 5.69 Å². The molecule has 120 valence electrons. The van der Waals surface area contributed by atoms with Crippen molar-refractivity contribution in [3.8, 4) is 5.75 Å². The van der Waals surface area contributed by atoms with Gasteiger partial charge >= 0.3 is 0 Å². The Kier molecular flexibility index (Phi) is 4.63. The number of nitrogens with zero attached hydrogens (tertiary/aromatic N) is 1. The number of carbonyl (C=O) groups excluding carboxylic acids is 1. The van der Waals surface area contributed by atoms with E-state index in [1.807, 2.05) is 31.2 Å². The van der Waals surface area contributed by atoms with Crippen molar-refractivity contribution in [2.45, 2.75) is 25.9 Å². The Balaban J connectivity index is 1.63. The molecule has 0 saturated carbocycles. The maximum absolute atomic E-state index is 12.5. The number of methoxy groups -OCH3 is 1. The van der Waals surface area contributed by atoms with Crippen LogP contribution in [0.3, 0.4) is 0 Å². The van der Waals surface area contributed by atoms with Crippen molar-refractivity contribution < 1.29 is 9.53 Å². The number of amides is 1. The Morgan fingerprint density at radius 3 is 2.52 bits per heavy atom. The smallest absolute Gasteiger partial charge is 0.241 e. The fourth-order valence-electron chi connectivity index (χ4n) is 2.94. The van der Waals surface area contributed by atoms with Crippen molar-refractivity contribution in [1.29, 1.82) is 0 Å². The molecular formula is C19H22N2O2. The second kappa shape index (κ2) is 6.84. The molecule has 0 aliphatic carbocycles. The minimum absolute atomic E-state index is 0.0227. The number of fused-ring (bicyclic) bond motifs is 1. The third-order valence-corrected chi connectivity index (χ3v) is 4.44. The average molecular weight is 310 g/mol. The lowest BCUT2D eigenvalue weighted by Crippen LogP contribution is -2.44. The number of nitrogens with one attached hydrogen (secondary N) is 1. The molecule has 1 N–H and O–H groups in total. The normalized spacial score (nSPS) is 15.6. The molecule has 0 unspecified atom stereocenters. The van der Waals surface area contributed by atoms with Gasteiger partial charge in [-0.05, 0) is 48.7 Å². The molecule has 0 bridgehead atoms. The van der Waals surface area contributed by atoms with Crippen LogP contribution in [0.5, 0.6) is 5.75 Å². The van der Waals surface area contributed by atoms with Gasteiger partial charge in [-0.25, -0.2) is 0 Å². The quantitative estimate of drug-likeness (QED) is 0.943. The van der Waals surface area contributed by atoms with Crippen LogP contribution in [0.15, 0.2) is 48.5 Å². The lowest BCUT2D eigenvalue weighted by Gasteiger charge is -2.32. The maximum Gasteiger partial charge on any atom is 0.241 e. The van der Waals surface area contributed by atoms with Crippen LogP contribution >= 0.6 is 0 Å². The monoisotopic (exact) mass is 310 g/mol. The van der Waals surface area contributed by atoms with Crippen molar-refractivity contribution >= 4 is 11.6 Å². The maximum atomic E-state index is 12.5. The highest BCUT2D eigenvalue weighted by Crippen LogP contribution is 2.21. The molecule has 1 atom stereocenters. The van der Waals surface area contributed by atoms with Crippen LogP contribution in [0.2, 0.25) is 0 Å². The summed E-state index contributed by atoms with van der Waals surface area (Å²) in [5.74, 6) is 0.804. The molecule has 4 heteroatoms. The summed E-state index contributed by atoms with van der Waals surface area (Å²) < 4.78 is 5.13. The molecule has 4 nitrogen and oxygen atoms in total. The van der Waals surface area contributed by atoms with Crippen LogP contribution in [0, 0.1) is 0 Å². The van der Waals surface area contributed by atoms with Crippen molar-refractivity contribution in [3.05, 3.63) is 59.7 Å². The van der Waals surface area contributed by atoms with Gasteiger partial charge in [-0.15, -0.1) is 0 Å². The van der Waals surface area contributed by atoms with Gasteiger partial charge in [0.15, 0.2) is 0 Å². The first-order chi connectivity index (χ1) is 11.2. The van der Waals surface area contributed by atoms with Gasteiger partial charge < -0.3 is 10.1 Å². The third kappa shape index (κ3) is 3.54. The number of hydrogen-bond acceptors (Lipinski definition) is 3. The fourth-order valence-corrected chi connectivity index (χ4v) is 2.94. The summed E-state index contributed by atoms with van der Waals surface area (Å²) in [5, 5.41) is 2.98. The van der Waals surface area contributed by atoms with E-state index < -0.39 is 0 Å². The van der Waals surface area contributed by atoms with Gasteiger partial charge in [-0.3, -0.25) is 9.69 Å². The van der Waals surface area contributed by atoms with E-state index >= 15 is 0 Å². The predicted molar refractivity (Wildman–Crippen MR) is 91.6 cm³/mol. The number of carbonyl (C=O) groups is 1. The molecule has 3 rings (SSSR count). The Labute approximate surface area is 137 Å². The first-order valence-corrected chi connectivity index (χ1v) is 7.93. The van der Waals surface area contributed by atoms with Crippen molar-refractivity contribution in [3.63, 3.8) is 0 Å². The average Bonchev–Trinajstić information content (AvgIpc) is 2.61. The zero-order chi connectivity index (χ0) is 16.2. The topological polar surface area (TPSA) is 41.6 Å². The van der Waals surface area contributed by atoms with E-state index in [9.17, 15) is 4.79 Å². The van der Waals surface area contributed by atoms with E-state index in [1.165, 1.54) is 11.1 Å². The molecule has 0 fully saturated rings. The fraction of sp³-hybridized carbons (Fsp3) is 0.316. The van der Waals surface area contributed by atoms with Crippen LogP contribution in [-0.2, 0) is 17.8 Å². The highest BCUT2D eigenvalue weighted by atomic mass is 16.5. The third-order valence-electron chi connectivity index (χ3n) is 4.44. The van der Waals surface area contributed by atoms with E-state index in [-0.39, 0.29) is 11.9 Å². The van der Waals surface area contributed by atoms with Crippen LogP contribution in [0.25, 0.3) is 0 Å². The van der Waals surface area contributed by atoms with E-state index in [2.05, 4.69) is 34.5 Å². The van der Waals surface area contributed by atoms with E-state index in [4.69, 9.17) is 4.74 Å². The van der Waals surface area contributed by atoms with Crippen LogP contribution in [0.1, 0.15) is 18.1 Å². The highest BCUT2D eigenvalue weighted by Gasteiger charge is 2.25. The molecule has 2 aromatic carbocycles. The molecule has 1 aliphatic heterocycles. The van der Waals surface area contributed by atoms with Crippen molar-refractivity contribution in [2.24, 2.45) is 0 Å². The first kappa shape index (κ1) is 15.6. The van der Waals surface area contributed by atoms with Gasteiger partial charge in [0.1, 0.15) is 5.75 Å². The number of benzene rings is 2. The largest absolute Gasteiger partial charge is 0.497 e. The molecule has 1 aliphatic rings. The van der Waals surface area contributed by atoms with Crippen LogP contribution in [-0.4, -0.2) is 30.5 Å². The summed E-state index contributed by atoms with van der Waals surface area (Å²) in [6, 6.07) is 15.7. The second-order valence-corrected chi connectivity index (χ2v) is 5.88. The van der Waals surface area contributed by atoms with Crippen LogP contribution < -0.4 is 10.1 Å². The Hall–Kier alpha value is -2.33. The molecule has 0 spiro atoms. The predicted octanol–water partition coefficient (Wildman–Crippen LogP) is 3.08. The number of anilines is 1. The Bertz CT molecular complexity index is 682. The van der Waals surface area contributed by atoms with Gasteiger partial charge in [0, 0.05) is 18.8 Å². The van der Waals surface area contributed by atoms with E-state index in [0.717, 1.165) is 30.9 Å². The minimum atomic E-state index is -0.162.